The molecule has 2 aliphatic rings. The minimum absolute atomic E-state index is 0.0908. The lowest BCUT2D eigenvalue weighted by molar-refractivity contribution is -0.0144. The minimum Gasteiger partial charge on any atom is -0.462 e. The molecule has 0 radical (unpaired) electrons. The number of halogens is 2. The van der Waals surface area contributed by atoms with E-state index in [2.05, 4.69) is 4.57 Å². The highest BCUT2D eigenvalue weighted by molar-refractivity contribution is 5.93. The third kappa shape index (κ3) is 3.73. The Morgan fingerprint density at radius 2 is 2.16 bits per heavy atom. The Balaban J connectivity index is 2.02. The van der Waals surface area contributed by atoms with Crippen molar-refractivity contribution in [3.05, 3.63) is 22.5 Å². The van der Waals surface area contributed by atoms with Crippen LogP contribution in [0.4, 0.5) is 8.78 Å². The summed E-state index contributed by atoms with van der Waals surface area (Å²) in [5, 5.41) is 0. The first-order valence-corrected chi connectivity index (χ1v) is 9.36. The molecule has 1 aromatic rings. The molecule has 140 valence electrons. The number of fused-ring (bicyclic) bond motifs is 1. The average Bonchev–Trinajstić information content (AvgIpc) is 2.87. The van der Waals surface area contributed by atoms with E-state index in [1.165, 1.54) is 0 Å². The topological polar surface area (TPSA) is 40.5 Å². The molecule has 0 bridgehead atoms. The molecule has 0 aromatic carbocycles. The van der Waals surface area contributed by atoms with Crippen LogP contribution in [0.25, 0.3) is 0 Å². The number of carbonyl (C=O) groups excluding carboxylic acids is 1. The van der Waals surface area contributed by atoms with Gasteiger partial charge in [-0.15, -0.1) is 0 Å². The summed E-state index contributed by atoms with van der Waals surface area (Å²) in [5.74, 6) is -3.23. The van der Waals surface area contributed by atoms with Crippen LogP contribution in [0.1, 0.15) is 66.8 Å². The molecule has 1 unspecified atom stereocenters. The Morgan fingerprint density at radius 3 is 2.80 bits per heavy atom. The highest BCUT2D eigenvalue weighted by Crippen LogP contribution is 2.38. The Bertz CT molecular complexity index is 633. The second-order valence-corrected chi connectivity index (χ2v) is 6.95. The summed E-state index contributed by atoms with van der Waals surface area (Å²) in [6.45, 7) is 5.32. The van der Waals surface area contributed by atoms with Crippen molar-refractivity contribution in [2.75, 3.05) is 13.2 Å². The van der Waals surface area contributed by atoms with Crippen molar-refractivity contribution in [2.45, 2.75) is 77.4 Å². The van der Waals surface area contributed by atoms with Crippen LogP contribution in [0.5, 0.6) is 0 Å². The molecule has 25 heavy (non-hydrogen) atoms. The van der Waals surface area contributed by atoms with Gasteiger partial charge in [0.25, 0.3) is 5.92 Å². The van der Waals surface area contributed by atoms with Crippen LogP contribution in [-0.4, -0.2) is 35.8 Å². The fourth-order valence-corrected chi connectivity index (χ4v) is 4.09. The number of carbonyl (C=O) groups is 1. The predicted octanol–water partition coefficient (Wildman–Crippen LogP) is 3.92. The Morgan fingerprint density at radius 1 is 1.36 bits per heavy atom. The van der Waals surface area contributed by atoms with Crippen LogP contribution in [0.3, 0.4) is 0 Å². The van der Waals surface area contributed by atoms with E-state index in [1.807, 2.05) is 6.92 Å². The molecule has 0 amide bonds. The van der Waals surface area contributed by atoms with Gasteiger partial charge in [0.1, 0.15) is 0 Å². The van der Waals surface area contributed by atoms with Crippen molar-refractivity contribution in [1.29, 1.82) is 0 Å². The van der Waals surface area contributed by atoms with E-state index in [-0.39, 0.29) is 25.6 Å². The lowest BCUT2D eigenvalue weighted by Gasteiger charge is -2.27. The molecule has 0 saturated carbocycles. The first-order valence-electron chi connectivity index (χ1n) is 9.36. The van der Waals surface area contributed by atoms with E-state index in [0.29, 0.717) is 30.5 Å². The number of nitrogens with zero attached hydrogens (tertiary/aromatic N) is 1. The van der Waals surface area contributed by atoms with Crippen LogP contribution < -0.4 is 0 Å². The van der Waals surface area contributed by atoms with Crippen LogP contribution in [0.15, 0.2) is 0 Å². The number of hydrogen-bond acceptors (Lipinski definition) is 3. The quantitative estimate of drug-likeness (QED) is 0.752. The summed E-state index contributed by atoms with van der Waals surface area (Å²) < 4.78 is 41.2. The molecule has 1 aliphatic carbocycles. The van der Waals surface area contributed by atoms with Gasteiger partial charge in [-0.3, -0.25) is 0 Å². The van der Waals surface area contributed by atoms with Crippen LogP contribution in [-0.2, 0) is 35.3 Å². The van der Waals surface area contributed by atoms with E-state index in [9.17, 15) is 13.6 Å². The van der Waals surface area contributed by atoms with Gasteiger partial charge >= 0.3 is 5.97 Å². The van der Waals surface area contributed by atoms with Crippen molar-refractivity contribution in [3.8, 4) is 0 Å². The van der Waals surface area contributed by atoms with Gasteiger partial charge in [-0.25, -0.2) is 13.6 Å². The molecule has 1 atom stereocenters. The summed E-state index contributed by atoms with van der Waals surface area (Å²) in [5.41, 5.74) is 2.55. The number of aromatic nitrogens is 1. The number of hydrogen-bond donors (Lipinski definition) is 0. The van der Waals surface area contributed by atoms with Gasteiger partial charge in [0.15, 0.2) is 0 Å². The summed E-state index contributed by atoms with van der Waals surface area (Å²) >= 11 is 0. The smallest absolute Gasteiger partial charge is 0.340 e. The van der Waals surface area contributed by atoms with E-state index in [4.69, 9.17) is 9.47 Å². The van der Waals surface area contributed by atoms with E-state index >= 15 is 0 Å². The zero-order valence-electron chi connectivity index (χ0n) is 15.1. The van der Waals surface area contributed by atoms with Crippen LogP contribution in [0.2, 0.25) is 0 Å². The van der Waals surface area contributed by atoms with Gasteiger partial charge in [-0.2, -0.15) is 0 Å². The molecule has 4 nitrogen and oxygen atoms in total. The van der Waals surface area contributed by atoms with Crippen molar-refractivity contribution >= 4 is 5.97 Å². The monoisotopic (exact) mass is 355 g/mol. The summed E-state index contributed by atoms with van der Waals surface area (Å²) in [6, 6.07) is 0. The van der Waals surface area contributed by atoms with Crippen molar-refractivity contribution in [1.82, 2.24) is 4.57 Å². The first-order chi connectivity index (χ1) is 12.0. The zero-order chi connectivity index (χ0) is 18.0. The maximum absolute atomic E-state index is 14.0. The number of ether oxygens (including phenoxy) is 2. The minimum atomic E-state index is -2.76. The third-order valence-corrected chi connectivity index (χ3v) is 5.23. The van der Waals surface area contributed by atoms with Crippen LogP contribution >= 0.6 is 0 Å². The number of esters is 1. The maximum Gasteiger partial charge on any atom is 0.340 e. The van der Waals surface area contributed by atoms with Crippen molar-refractivity contribution < 1.29 is 23.0 Å². The molecule has 2 heterocycles. The van der Waals surface area contributed by atoms with Gasteiger partial charge < -0.3 is 14.0 Å². The van der Waals surface area contributed by atoms with Gasteiger partial charge in [-0.05, 0) is 44.6 Å². The number of rotatable bonds is 5. The normalized spacial score (nSPS) is 22.5. The fraction of sp³-hybridized carbons (Fsp3) is 0.737. The molecule has 1 saturated heterocycles. The largest absolute Gasteiger partial charge is 0.462 e. The first kappa shape index (κ1) is 18.4. The summed E-state index contributed by atoms with van der Waals surface area (Å²) in [6.07, 6.45) is 3.62. The highest BCUT2D eigenvalue weighted by atomic mass is 19.3. The zero-order valence-corrected chi connectivity index (χ0v) is 15.1. The number of alkyl halides is 2. The predicted molar refractivity (Wildman–Crippen MR) is 90.3 cm³/mol. The maximum atomic E-state index is 14.0. The van der Waals surface area contributed by atoms with Gasteiger partial charge in [-0.1, -0.05) is 6.92 Å². The Labute approximate surface area is 147 Å². The van der Waals surface area contributed by atoms with E-state index < -0.39 is 11.9 Å². The molecule has 3 rings (SSSR count). The molecular weight excluding hydrogens is 328 g/mol. The molecule has 6 heteroatoms. The van der Waals surface area contributed by atoms with E-state index in [0.717, 1.165) is 37.3 Å². The molecule has 0 N–H and O–H groups in total. The second-order valence-electron chi connectivity index (χ2n) is 6.95. The third-order valence-electron chi connectivity index (χ3n) is 5.23. The molecule has 1 aliphatic heterocycles. The molecule has 1 fully saturated rings. The Hall–Kier alpha value is -1.43. The molecule has 1 aromatic heterocycles. The highest BCUT2D eigenvalue weighted by Gasteiger charge is 2.40. The van der Waals surface area contributed by atoms with Gasteiger partial charge in [0, 0.05) is 37.4 Å². The SMILES string of the molecule is CCOC(=O)c1c2c(n(CC3CCCCO3)c1CC)CCC(F)(F)C2. The van der Waals surface area contributed by atoms with Crippen LogP contribution in [0, 0.1) is 0 Å². The standard InChI is InChI=1S/C19H27F2NO3/c1-3-15-17(18(23)24-4-2)14-11-19(20,21)9-8-16(14)22(15)12-13-7-5-6-10-25-13/h13H,3-12H2,1-2H3. The second kappa shape index (κ2) is 7.44. The Kier molecular flexibility index (Phi) is 5.46. The van der Waals surface area contributed by atoms with Gasteiger partial charge in [0.05, 0.1) is 18.3 Å². The molecular formula is C19H27F2NO3. The summed E-state index contributed by atoms with van der Waals surface area (Å²) in [7, 11) is 0. The van der Waals surface area contributed by atoms with E-state index in [1.54, 1.807) is 6.92 Å². The average molecular weight is 355 g/mol. The molecule has 0 spiro atoms. The van der Waals surface area contributed by atoms with Gasteiger partial charge in [0.2, 0.25) is 0 Å². The van der Waals surface area contributed by atoms with Crippen molar-refractivity contribution in [3.63, 3.8) is 0 Å². The lowest BCUT2D eigenvalue weighted by Crippen LogP contribution is -2.29. The fourth-order valence-electron chi connectivity index (χ4n) is 4.09. The van der Waals surface area contributed by atoms with Crippen molar-refractivity contribution in [2.24, 2.45) is 0 Å². The lowest BCUT2D eigenvalue weighted by atomic mass is 9.91. The summed E-state index contributed by atoms with van der Waals surface area (Å²) in [4.78, 5) is 12.5.